The van der Waals surface area contributed by atoms with E-state index in [2.05, 4.69) is 4.98 Å². The van der Waals surface area contributed by atoms with Gasteiger partial charge in [-0.2, -0.15) is 0 Å². The standard InChI is InChI=1S/C18H14Cl2N2O2/c19-13-9-14(20)16-15(10-13)21-17(24-16)11-4-3-5-12(8-11)18(23)22-6-1-2-7-22/h3-5,8-10H,1-2,6-7H2. The van der Waals surface area contributed by atoms with E-state index < -0.39 is 0 Å². The average molecular weight is 361 g/mol. The van der Waals surface area contributed by atoms with Gasteiger partial charge in [0.05, 0.1) is 5.02 Å². The number of carbonyl (C=O) groups is 1. The maximum atomic E-state index is 12.5. The van der Waals surface area contributed by atoms with E-state index in [0.29, 0.717) is 32.6 Å². The summed E-state index contributed by atoms with van der Waals surface area (Å²) < 4.78 is 5.77. The molecule has 0 N–H and O–H groups in total. The third kappa shape index (κ3) is 2.76. The van der Waals surface area contributed by atoms with Crippen molar-refractivity contribution in [1.82, 2.24) is 9.88 Å². The quantitative estimate of drug-likeness (QED) is 0.643. The molecule has 0 aliphatic carbocycles. The molecule has 4 rings (SSSR count). The van der Waals surface area contributed by atoms with E-state index in [1.165, 1.54) is 0 Å². The largest absolute Gasteiger partial charge is 0.435 e. The second-order valence-corrected chi connectivity index (χ2v) is 6.68. The summed E-state index contributed by atoms with van der Waals surface area (Å²) >= 11 is 12.2. The Morgan fingerprint density at radius 1 is 1.12 bits per heavy atom. The van der Waals surface area contributed by atoms with Gasteiger partial charge in [0.2, 0.25) is 5.89 Å². The predicted molar refractivity (Wildman–Crippen MR) is 94.6 cm³/mol. The summed E-state index contributed by atoms with van der Waals surface area (Å²) in [6.07, 6.45) is 2.13. The molecule has 1 amide bonds. The van der Waals surface area contributed by atoms with Crippen LogP contribution in [0.2, 0.25) is 10.0 Å². The summed E-state index contributed by atoms with van der Waals surface area (Å²) in [6, 6.07) is 10.6. The number of hydrogen-bond acceptors (Lipinski definition) is 3. The Bertz CT molecular complexity index is 930. The van der Waals surface area contributed by atoms with E-state index in [0.717, 1.165) is 31.5 Å². The van der Waals surface area contributed by atoms with Crippen molar-refractivity contribution in [3.63, 3.8) is 0 Å². The van der Waals surface area contributed by atoms with E-state index in [9.17, 15) is 4.79 Å². The Balaban J connectivity index is 1.73. The molecule has 1 aromatic heterocycles. The first-order valence-electron chi connectivity index (χ1n) is 7.77. The molecule has 1 aliphatic heterocycles. The number of aromatic nitrogens is 1. The predicted octanol–water partition coefficient (Wildman–Crippen LogP) is 5.04. The lowest BCUT2D eigenvalue weighted by atomic mass is 10.1. The van der Waals surface area contributed by atoms with Gasteiger partial charge in [-0.25, -0.2) is 4.98 Å². The number of hydrogen-bond donors (Lipinski definition) is 0. The molecule has 3 aromatic rings. The summed E-state index contributed by atoms with van der Waals surface area (Å²) in [6.45, 7) is 1.64. The summed E-state index contributed by atoms with van der Waals surface area (Å²) in [5, 5.41) is 0.922. The maximum Gasteiger partial charge on any atom is 0.253 e. The first kappa shape index (κ1) is 15.5. The Hall–Kier alpha value is -2.04. The number of oxazole rings is 1. The minimum atomic E-state index is 0.0477. The van der Waals surface area contributed by atoms with Crippen LogP contribution in [0, 0.1) is 0 Å². The highest BCUT2D eigenvalue weighted by Crippen LogP contribution is 2.32. The molecule has 0 radical (unpaired) electrons. The van der Waals surface area contributed by atoms with Crippen LogP contribution in [0.1, 0.15) is 23.2 Å². The summed E-state index contributed by atoms with van der Waals surface area (Å²) in [5.41, 5.74) is 2.47. The number of carbonyl (C=O) groups excluding carboxylic acids is 1. The number of nitrogens with zero attached hydrogens (tertiary/aromatic N) is 2. The van der Waals surface area contributed by atoms with Crippen LogP contribution in [0.5, 0.6) is 0 Å². The molecule has 0 spiro atoms. The average Bonchev–Trinajstić information content (AvgIpc) is 3.23. The molecule has 2 heterocycles. The van der Waals surface area contributed by atoms with Crippen LogP contribution in [0.25, 0.3) is 22.6 Å². The van der Waals surface area contributed by atoms with Crippen LogP contribution in [-0.2, 0) is 0 Å². The molecule has 2 aromatic carbocycles. The van der Waals surface area contributed by atoms with Crippen molar-refractivity contribution in [2.45, 2.75) is 12.8 Å². The molecule has 0 saturated carbocycles. The van der Waals surface area contributed by atoms with Gasteiger partial charge >= 0.3 is 0 Å². The van der Waals surface area contributed by atoms with Crippen molar-refractivity contribution < 1.29 is 9.21 Å². The van der Waals surface area contributed by atoms with Gasteiger partial charge in [0.15, 0.2) is 5.58 Å². The molecule has 0 unspecified atom stereocenters. The summed E-state index contributed by atoms with van der Waals surface area (Å²) in [7, 11) is 0. The molecule has 1 aliphatic rings. The van der Waals surface area contributed by atoms with Crippen molar-refractivity contribution in [3.8, 4) is 11.5 Å². The normalized spacial score (nSPS) is 14.5. The minimum absolute atomic E-state index is 0.0477. The van der Waals surface area contributed by atoms with E-state index in [-0.39, 0.29) is 5.91 Å². The van der Waals surface area contributed by atoms with Crippen LogP contribution in [0.4, 0.5) is 0 Å². The number of benzene rings is 2. The Labute approximate surface area is 149 Å². The molecule has 1 fully saturated rings. The smallest absolute Gasteiger partial charge is 0.253 e. The van der Waals surface area contributed by atoms with Crippen LogP contribution in [0.15, 0.2) is 40.8 Å². The number of rotatable bonds is 2. The topological polar surface area (TPSA) is 46.3 Å². The molecule has 4 nitrogen and oxygen atoms in total. The van der Waals surface area contributed by atoms with Crippen molar-refractivity contribution in [2.75, 3.05) is 13.1 Å². The van der Waals surface area contributed by atoms with Gasteiger partial charge < -0.3 is 9.32 Å². The Kier molecular flexibility index (Phi) is 3.94. The number of likely N-dealkylation sites (tertiary alicyclic amines) is 1. The number of halogens is 2. The zero-order valence-corrected chi connectivity index (χ0v) is 14.3. The molecular formula is C18H14Cl2N2O2. The monoisotopic (exact) mass is 360 g/mol. The first-order chi connectivity index (χ1) is 11.6. The third-order valence-corrected chi connectivity index (χ3v) is 4.66. The summed E-state index contributed by atoms with van der Waals surface area (Å²) in [5.74, 6) is 0.469. The van der Waals surface area contributed by atoms with E-state index in [1.54, 1.807) is 18.2 Å². The van der Waals surface area contributed by atoms with Gasteiger partial charge in [0, 0.05) is 29.2 Å². The molecule has 24 heavy (non-hydrogen) atoms. The molecule has 0 atom stereocenters. The zero-order chi connectivity index (χ0) is 16.7. The van der Waals surface area contributed by atoms with Crippen molar-refractivity contribution in [2.24, 2.45) is 0 Å². The molecule has 6 heteroatoms. The lowest BCUT2D eigenvalue weighted by molar-refractivity contribution is 0.0793. The van der Waals surface area contributed by atoms with Gasteiger partial charge in [-0.1, -0.05) is 29.3 Å². The van der Waals surface area contributed by atoms with E-state index in [4.69, 9.17) is 27.6 Å². The highest BCUT2D eigenvalue weighted by Gasteiger charge is 2.20. The third-order valence-electron chi connectivity index (χ3n) is 4.16. The van der Waals surface area contributed by atoms with Gasteiger partial charge in [0.25, 0.3) is 5.91 Å². The number of fused-ring (bicyclic) bond motifs is 1. The van der Waals surface area contributed by atoms with E-state index in [1.807, 2.05) is 23.1 Å². The van der Waals surface area contributed by atoms with Crippen LogP contribution in [0.3, 0.4) is 0 Å². The molecule has 1 saturated heterocycles. The van der Waals surface area contributed by atoms with Crippen molar-refractivity contribution in [3.05, 3.63) is 52.0 Å². The highest BCUT2D eigenvalue weighted by molar-refractivity contribution is 6.38. The maximum absolute atomic E-state index is 12.5. The SMILES string of the molecule is O=C(c1cccc(-c2nc3cc(Cl)cc(Cl)c3o2)c1)N1CCCC1. The molecular weight excluding hydrogens is 347 g/mol. The number of amides is 1. The first-order valence-corrected chi connectivity index (χ1v) is 8.53. The fraction of sp³-hybridized carbons (Fsp3) is 0.222. The van der Waals surface area contributed by atoms with Crippen molar-refractivity contribution >= 4 is 40.2 Å². The Morgan fingerprint density at radius 3 is 2.71 bits per heavy atom. The highest BCUT2D eigenvalue weighted by atomic mass is 35.5. The van der Waals surface area contributed by atoms with Crippen LogP contribution in [-0.4, -0.2) is 28.9 Å². The summed E-state index contributed by atoms with van der Waals surface area (Å²) in [4.78, 5) is 18.9. The Morgan fingerprint density at radius 2 is 1.92 bits per heavy atom. The van der Waals surface area contributed by atoms with Gasteiger partial charge in [-0.15, -0.1) is 0 Å². The zero-order valence-electron chi connectivity index (χ0n) is 12.8. The van der Waals surface area contributed by atoms with Gasteiger partial charge in [-0.05, 0) is 43.2 Å². The minimum Gasteiger partial charge on any atom is -0.435 e. The van der Waals surface area contributed by atoms with Gasteiger partial charge in [-0.3, -0.25) is 4.79 Å². The van der Waals surface area contributed by atoms with Crippen molar-refractivity contribution in [1.29, 1.82) is 0 Å². The lowest BCUT2D eigenvalue weighted by Gasteiger charge is -2.15. The van der Waals surface area contributed by atoms with Gasteiger partial charge in [0.1, 0.15) is 5.52 Å². The molecule has 0 bridgehead atoms. The molecule has 122 valence electrons. The van der Waals surface area contributed by atoms with Crippen LogP contribution < -0.4 is 0 Å². The second-order valence-electron chi connectivity index (χ2n) is 5.83. The fourth-order valence-electron chi connectivity index (χ4n) is 2.97. The van der Waals surface area contributed by atoms with Crippen LogP contribution >= 0.6 is 23.2 Å². The van der Waals surface area contributed by atoms with E-state index >= 15 is 0 Å². The lowest BCUT2D eigenvalue weighted by Crippen LogP contribution is -2.27. The second kappa shape index (κ2) is 6.11. The fourth-order valence-corrected chi connectivity index (χ4v) is 3.49.